The molecule has 0 aromatic heterocycles. The van der Waals surface area contributed by atoms with Crippen molar-refractivity contribution in [1.82, 2.24) is 0 Å². The Bertz CT molecular complexity index is 957. The van der Waals surface area contributed by atoms with E-state index in [-0.39, 0.29) is 6.10 Å². The molecule has 0 aliphatic heterocycles. The molecule has 0 spiro atoms. The molecule has 0 amide bonds. The summed E-state index contributed by atoms with van der Waals surface area (Å²) in [6, 6.07) is 23.9. The first-order chi connectivity index (χ1) is 15.2. The van der Waals surface area contributed by atoms with Crippen molar-refractivity contribution in [2.75, 3.05) is 27.9 Å². The second kappa shape index (κ2) is 11.2. The van der Waals surface area contributed by atoms with E-state index in [1.807, 2.05) is 30.3 Å². The molecule has 3 aromatic carbocycles. The van der Waals surface area contributed by atoms with Crippen LogP contribution in [0.1, 0.15) is 11.1 Å². The smallest absolute Gasteiger partial charge is 0.203 e. The quantitative estimate of drug-likeness (QED) is 0.384. The second-order valence-corrected chi connectivity index (χ2v) is 7.14. The van der Waals surface area contributed by atoms with E-state index in [4.69, 9.17) is 18.9 Å². The Hall–Kier alpha value is -3.24. The maximum atomic E-state index is 6.05. The third kappa shape index (κ3) is 5.89. The second-order valence-electron chi connectivity index (χ2n) is 7.14. The summed E-state index contributed by atoms with van der Waals surface area (Å²) >= 11 is 0. The van der Waals surface area contributed by atoms with Gasteiger partial charge in [-0.05, 0) is 53.3 Å². The van der Waals surface area contributed by atoms with Gasteiger partial charge in [-0.15, -0.1) is 6.58 Å². The summed E-state index contributed by atoms with van der Waals surface area (Å²) in [5, 5.41) is 0. The number of ether oxygens (including phenoxy) is 4. The van der Waals surface area contributed by atoms with Crippen molar-refractivity contribution in [3.05, 3.63) is 90.5 Å². The Morgan fingerprint density at radius 3 is 2.19 bits per heavy atom. The highest BCUT2D eigenvalue weighted by Gasteiger charge is 2.16. The lowest BCUT2D eigenvalue weighted by Crippen LogP contribution is -2.19. The molecule has 0 heterocycles. The lowest BCUT2D eigenvalue weighted by Gasteiger charge is -2.18. The van der Waals surface area contributed by atoms with Crippen LogP contribution in [0.3, 0.4) is 0 Å². The Morgan fingerprint density at radius 1 is 0.871 bits per heavy atom. The highest BCUT2D eigenvalue weighted by molar-refractivity contribution is 5.71. The van der Waals surface area contributed by atoms with Crippen molar-refractivity contribution in [3.63, 3.8) is 0 Å². The van der Waals surface area contributed by atoms with Crippen molar-refractivity contribution in [3.8, 4) is 28.4 Å². The third-order valence-corrected chi connectivity index (χ3v) is 5.03. The lowest BCUT2D eigenvalue weighted by molar-refractivity contribution is 0.0750. The van der Waals surface area contributed by atoms with E-state index >= 15 is 0 Å². The molecule has 0 saturated carbocycles. The molecular weight excluding hydrogens is 388 g/mol. The van der Waals surface area contributed by atoms with E-state index < -0.39 is 0 Å². The standard InChI is InChI=1S/C27H29O4/c1-5-14-31-24(16-20-10-7-6-8-11-20)17-21-12-9-13-22(15-21)23-18-25(28-2)27(30-4)26(19-23)29-3/h5-13,18-19,24H,1,14,16-17H2,2-4H3. The number of hydrogen-bond acceptors (Lipinski definition) is 4. The molecule has 1 radical (unpaired) electrons. The summed E-state index contributed by atoms with van der Waals surface area (Å²) in [5.74, 6) is 1.81. The molecule has 4 nitrogen and oxygen atoms in total. The van der Waals surface area contributed by atoms with Gasteiger partial charge < -0.3 is 18.9 Å². The molecule has 1 atom stereocenters. The predicted molar refractivity (Wildman–Crippen MR) is 124 cm³/mol. The van der Waals surface area contributed by atoms with Crippen molar-refractivity contribution in [2.24, 2.45) is 0 Å². The van der Waals surface area contributed by atoms with E-state index in [0.29, 0.717) is 23.9 Å². The van der Waals surface area contributed by atoms with Gasteiger partial charge in [-0.3, -0.25) is 0 Å². The molecule has 0 aliphatic carbocycles. The largest absolute Gasteiger partial charge is 0.493 e. The summed E-state index contributed by atoms with van der Waals surface area (Å²) < 4.78 is 22.5. The minimum atomic E-state index is 0.0341. The van der Waals surface area contributed by atoms with Gasteiger partial charge in [-0.2, -0.15) is 0 Å². The summed E-state index contributed by atoms with van der Waals surface area (Å²) in [5.41, 5.74) is 4.23. The summed E-state index contributed by atoms with van der Waals surface area (Å²) in [4.78, 5) is 0. The Kier molecular flexibility index (Phi) is 8.13. The zero-order chi connectivity index (χ0) is 22.1. The van der Waals surface area contributed by atoms with Gasteiger partial charge in [0, 0.05) is 0 Å². The van der Waals surface area contributed by atoms with E-state index in [2.05, 4.69) is 43.0 Å². The third-order valence-electron chi connectivity index (χ3n) is 5.03. The van der Waals surface area contributed by atoms with Crippen LogP contribution in [0.25, 0.3) is 11.1 Å². The van der Waals surface area contributed by atoms with Crippen LogP contribution in [0.2, 0.25) is 0 Å². The van der Waals surface area contributed by atoms with Crippen LogP contribution in [0.5, 0.6) is 17.2 Å². The summed E-state index contributed by atoms with van der Waals surface area (Å²) in [7, 11) is 4.83. The van der Waals surface area contributed by atoms with Crippen LogP contribution in [-0.4, -0.2) is 34.0 Å². The maximum Gasteiger partial charge on any atom is 0.203 e. The van der Waals surface area contributed by atoms with E-state index in [1.165, 1.54) is 5.56 Å². The highest BCUT2D eigenvalue weighted by atomic mass is 16.5. The average Bonchev–Trinajstić information content (AvgIpc) is 2.82. The SMILES string of the molecule is C=CCOC(Cc1[c]c(-c2cc(OC)c(OC)c(OC)c2)ccc1)Cc1ccccc1. The van der Waals surface area contributed by atoms with Gasteiger partial charge in [-0.1, -0.05) is 54.6 Å². The van der Waals surface area contributed by atoms with Gasteiger partial charge in [-0.25, -0.2) is 0 Å². The van der Waals surface area contributed by atoms with Crippen molar-refractivity contribution < 1.29 is 18.9 Å². The van der Waals surface area contributed by atoms with Gasteiger partial charge in [0.1, 0.15) is 0 Å². The number of methoxy groups -OCH3 is 3. The zero-order valence-corrected chi connectivity index (χ0v) is 18.4. The molecule has 3 aromatic rings. The fraction of sp³-hybridized carbons (Fsp3) is 0.259. The van der Waals surface area contributed by atoms with Crippen LogP contribution in [-0.2, 0) is 17.6 Å². The average molecular weight is 418 g/mol. The molecule has 0 N–H and O–H groups in total. The minimum absolute atomic E-state index is 0.0341. The molecule has 0 saturated heterocycles. The lowest BCUT2D eigenvalue weighted by atomic mass is 9.97. The van der Waals surface area contributed by atoms with Gasteiger partial charge in [0.15, 0.2) is 11.5 Å². The minimum Gasteiger partial charge on any atom is -0.493 e. The van der Waals surface area contributed by atoms with Gasteiger partial charge in [0.05, 0.1) is 34.0 Å². The monoisotopic (exact) mass is 417 g/mol. The van der Waals surface area contributed by atoms with Crippen LogP contribution < -0.4 is 14.2 Å². The van der Waals surface area contributed by atoms with Crippen molar-refractivity contribution in [2.45, 2.75) is 18.9 Å². The van der Waals surface area contributed by atoms with Crippen LogP contribution in [0.15, 0.2) is 73.3 Å². The molecule has 3 rings (SSSR count). The molecule has 31 heavy (non-hydrogen) atoms. The van der Waals surface area contributed by atoms with Crippen molar-refractivity contribution in [1.29, 1.82) is 0 Å². The normalized spacial score (nSPS) is 11.6. The fourth-order valence-corrected chi connectivity index (χ4v) is 3.56. The Labute approximate surface area is 185 Å². The van der Waals surface area contributed by atoms with Crippen molar-refractivity contribution >= 4 is 0 Å². The highest BCUT2D eigenvalue weighted by Crippen LogP contribution is 2.41. The number of rotatable bonds is 11. The van der Waals surface area contributed by atoms with E-state index in [1.54, 1.807) is 27.4 Å². The van der Waals surface area contributed by atoms with Gasteiger partial charge in [0.25, 0.3) is 0 Å². The molecule has 0 fully saturated rings. The molecule has 4 heteroatoms. The van der Waals surface area contributed by atoms with E-state index in [0.717, 1.165) is 29.5 Å². The first-order valence-electron chi connectivity index (χ1n) is 10.3. The predicted octanol–water partition coefficient (Wildman–Crippen LogP) is 5.54. The van der Waals surface area contributed by atoms with Gasteiger partial charge >= 0.3 is 0 Å². The molecule has 0 aliphatic rings. The zero-order valence-electron chi connectivity index (χ0n) is 18.4. The number of benzene rings is 3. The molecule has 0 bridgehead atoms. The van der Waals surface area contributed by atoms with Crippen LogP contribution in [0.4, 0.5) is 0 Å². The van der Waals surface area contributed by atoms with E-state index in [9.17, 15) is 0 Å². The topological polar surface area (TPSA) is 36.9 Å². The van der Waals surface area contributed by atoms with Gasteiger partial charge in [0.2, 0.25) is 5.75 Å². The molecule has 1 unspecified atom stereocenters. The van der Waals surface area contributed by atoms with Crippen LogP contribution >= 0.6 is 0 Å². The first kappa shape index (κ1) is 22.4. The maximum absolute atomic E-state index is 6.05. The summed E-state index contributed by atoms with van der Waals surface area (Å²) in [6.45, 7) is 4.30. The Balaban J connectivity index is 1.87. The fourth-order valence-electron chi connectivity index (χ4n) is 3.56. The van der Waals surface area contributed by atoms with Crippen LogP contribution in [0, 0.1) is 6.07 Å². The first-order valence-corrected chi connectivity index (χ1v) is 10.3. The number of hydrogen-bond donors (Lipinski definition) is 0. The summed E-state index contributed by atoms with van der Waals surface area (Å²) in [6.07, 6.45) is 3.40. The molecule has 161 valence electrons. The molecular formula is C27H29O4. The Morgan fingerprint density at radius 2 is 1.58 bits per heavy atom.